The average molecular weight is 489 g/mol. The van der Waals surface area contributed by atoms with Gasteiger partial charge in [0.25, 0.3) is 0 Å². The number of esters is 3. The topological polar surface area (TPSA) is 132 Å². The fraction of sp³-hybridized carbons (Fsp3) is 0.364. The minimum Gasteiger partial charge on any atom is -0.462 e. The fourth-order valence-electron chi connectivity index (χ4n) is 3.75. The maximum Gasteiger partial charge on any atom is 0.338 e. The number of aromatic nitrogens is 4. The van der Waals surface area contributed by atoms with Crippen LogP contribution in [0.3, 0.4) is 0 Å². The fourth-order valence-corrected chi connectivity index (χ4v) is 3.92. The molecule has 0 spiro atoms. The first-order valence-electron chi connectivity index (χ1n) is 10.4. The van der Waals surface area contributed by atoms with Crippen molar-refractivity contribution in [3.63, 3.8) is 0 Å². The molecule has 0 radical (unpaired) electrons. The van der Waals surface area contributed by atoms with Crippen LogP contribution in [0.15, 0.2) is 43.0 Å². The summed E-state index contributed by atoms with van der Waals surface area (Å²) in [5, 5.41) is 0.144. The molecule has 34 heavy (non-hydrogen) atoms. The number of carbonyl (C=O) groups excluding carboxylic acids is 3. The van der Waals surface area contributed by atoms with Crippen LogP contribution in [-0.2, 0) is 28.5 Å². The Morgan fingerprint density at radius 3 is 2.47 bits per heavy atom. The van der Waals surface area contributed by atoms with Crippen LogP contribution >= 0.6 is 11.6 Å². The van der Waals surface area contributed by atoms with Gasteiger partial charge in [0.1, 0.15) is 18.5 Å². The number of nitrogens with zero attached hydrogens (tertiary/aromatic N) is 4. The van der Waals surface area contributed by atoms with E-state index in [1.807, 2.05) is 0 Å². The van der Waals surface area contributed by atoms with E-state index in [9.17, 15) is 14.4 Å². The van der Waals surface area contributed by atoms with Crippen LogP contribution in [0.1, 0.15) is 30.4 Å². The zero-order valence-electron chi connectivity index (χ0n) is 18.3. The number of fused-ring (bicyclic) bond motifs is 1. The molecular weight excluding hydrogens is 468 g/mol. The Morgan fingerprint density at radius 1 is 1.06 bits per heavy atom. The zero-order chi connectivity index (χ0) is 24.2. The number of rotatable bonds is 6. The lowest BCUT2D eigenvalue weighted by molar-refractivity contribution is -0.224. The molecule has 12 heteroatoms. The Bertz CT molecular complexity index is 1200. The summed E-state index contributed by atoms with van der Waals surface area (Å²) >= 11 is 6.10. The highest BCUT2D eigenvalue weighted by Crippen LogP contribution is 2.34. The van der Waals surface area contributed by atoms with E-state index >= 15 is 0 Å². The van der Waals surface area contributed by atoms with E-state index < -0.39 is 42.3 Å². The average Bonchev–Trinajstić information content (AvgIpc) is 3.24. The van der Waals surface area contributed by atoms with Crippen LogP contribution in [0.25, 0.3) is 11.2 Å². The van der Waals surface area contributed by atoms with E-state index in [0.717, 1.165) is 0 Å². The monoisotopic (exact) mass is 488 g/mol. The molecule has 0 aliphatic carbocycles. The molecule has 1 saturated heterocycles. The molecule has 1 fully saturated rings. The number of hydrogen-bond donors (Lipinski definition) is 0. The molecule has 0 amide bonds. The number of ether oxygens (including phenoxy) is 4. The lowest BCUT2D eigenvalue weighted by atomic mass is 9.94. The Morgan fingerprint density at radius 2 is 1.76 bits per heavy atom. The predicted molar refractivity (Wildman–Crippen MR) is 117 cm³/mol. The van der Waals surface area contributed by atoms with Crippen molar-refractivity contribution < 1.29 is 33.3 Å². The lowest BCUT2D eigenvalue weighted by Crippen LogP contribution is -2.53. The molecule has 4 atom stereocenters. The van der Waals surface area contributed by atoms with Gasteiger partial charge in [-0.3, -0.25) is 14.2 Å². The second-order valence-electron chi connectivity index (χ2n) is 7.59. The van der Waals surface area contributed by atoms with Crippen LogP contribution in [0.5, 0.6) is 0 Å². The summed E-state index contributed by atoms with van der Waals surface area (Å²) in [6, 6.07) is 8.46. The van der Waals surface area contributed by atoms with Gasteiger partial charge in [0, 0.05) is 13.8 Å². The van der Waals surface area contributed by atoms with Gasteiger partial charge in [-0.15, -0.1) is 0 Å². The highest BCUT2D eigenvalue weighted by molar-refractivity contribution is 6.33. The highest BCUT2D eigenvalue weighted by atomic mass is 35.5. The minimum atomic E-state index is -1.08. The third-order valence-corrected chi connectivity index (χ3v) is 5.46. The molecule has 11 nitrogen and oxygen atoms in total. The van der Waals surface area contributed by atoms with Crippen molar-refractivity contribution in [2.75, 3.05) is 13.2 Å². The van der Waals surface area contributed by atoms with Gasteiger partial charge in [-0.1, -0.05) is 29.8 Å². The Labute approximate surface area is 198 Å². The van der Waals surface area contributed by atoms with Crippen molar-refractivity contribution in [3.8, 4) is 0 Å². The predicted octanol–water partition coefficient (Wildman–Crippen LogP) is 2.35. The molecule has 4 rings (SSSR count). The van der Waals surface area contributed by atoms with Crippen molar-refractivity contribution >= 4 is 40.7 Å². The summed E-state index contributed by atoms with van der Waals surface area (Å²) in [5.74, 6) is -2.36. The summed E-state index contributed by atoms with van der Waals surface area (Å²) in [4.78, 5) is 48.6. The first-order valence-corrected chi connectivity index (χ1v) is 10.7. The summed E-state index contributed by atoms with van der Waals surface area (Å²) in [5.41, 5.74) is 1.05. The Kier molecular flexibility index (Phi) is 7.03. The van der Waals surface area contributed by atoms with E-state index in [0.29, 0.717) is 16.7 Å². The number of imidazole rings is 1. The van der Waals surface area contributed by atoms with Gasteiger partial charge >= 0.3 is 17.9 Å². The van der Waals surface area contributed by atoms with E-state index in [-0.39, 0.29) is 18.4 Å². The molecule has 1 aliphatic heterocycles. The normalized spacial score (nSPS) is 22.2. The zero-order valence-corrected chi connectivity index (χ0v) is 19.0. The second kappa shape index (κ2) is 10.1. The van der Waals surface area contributed by atoms with Gasteiger partial charge in [-0.25, -0.2) is 19.7 Å². The van der Waals surface area contributed by atoms with Crippen molar-refractivity contribution in [1.29, 1.82) is 0 Å². The summed E-state index contributed by atoms with van der Waals surface area (Å²) in [7, 11) is 0. The summed E-state index contributed by atoms with van der Waals surface area (Å²) < 4.78 is 24.0. The van der Waals surface area contributed by atoms with Crippen LogP contribution in [-0.4, -0.2) is 62.8 Å². The highest BCUT2D eigenvalue weighted by Gasteiger charge is 2.47. The molecule has 0 N–H and O–H groups in total. The minimum absolute atomic E-state index is 0.0287. The number of benzene rings is 1. The molecule has 1 aromatic carbocycles. The molecular formula is C22H21ClN4O7. The van der Waals surface area contributed by atoms with Gasteiger partial charge in [0.2, 0.25) is 0 Å². The Hall–Kier alpha value is -3.57. The molecule has 3 aromatic rings. The van der Waals surface area contributed by atoms with Crippen LogP contribution in [0.2, 0.25) is 5.15 Å². The first kappa shape index (κ1) is 23.6. The molecule has 0 bridgehead atoms. The molecule has 2 aromatic heterocycles. The van der Waals surface area contributed by atoms with Crippen molar-refractivity contribution in [2.24, 2.45) is 5.92 Å². The molecule has 3 heterocycles. The smallest absolute Gasteiger partial charge is 0.338 e. The SMILES string of the molecule is CC(=O)OC1C(OC(C)=O)[C@H](COC(=O)c2ccccc2)COC1n1cnc2c(Cl)ncnc21. The van der Waals surface area contributed by atoms with E-state index in [1.54, 1.807) is 30.3 Å². The maximum atomic E-state index is 12.4. The van der Waals surface area contributed by atoms with Gasteiger partial charge in [0.05, 0.1) is 24.4 Å². The van der Waals surface area contributed by atoms with Crippen LogP contribution < -0.4 is 0 Å². The van der Waals surface area contributed by atoms with Gasteiger partial charge in [-0.05, 0) is 12.1 Å². The van der Waals surface area contributed by atoms with E-state index in [4.69, 9.17) is 30.5 Å². The molecule has 178 valence electrons. The van der Waals surface area contributed by atoms with Crippen molar-refractivity contribution in [3.05, 3.63) is 53.7 Å². The maximum absolute atomic E-state index is 12.4. The second-order valence-corrected chi connectivity index (χ2v) is 7.94. The first-order chi connectivity index (χ1) is 16.3. The molecule has 3 unspecified atom stereocenters. The summed E-state index contributed by atoms with van der Waals surface area (Å²) in [6.07, 6.45) is -0.306. The van der Waals surface area contributed by atoms with E-state index in [1.165, 1.54) is 31.1 Å². The third-order valence-electron chi connectivity index (χ3n) is 5.18. The van der Waals surface area contributed by atoms with E-state index in [2.05, 4.69) is 15.0 Å². The number of halogens is 1. The standard InChI is InChI=1S/C22H21ClN4O7/c1-12(28)33-17-15(9-32-22(30)14-6-4-3-5-7-14)8-31-21(18(17)34-13(2)29)27-11-26-16-19(23)24-10-25-20(16)27/h3-7,10-11,15,17-18,21H,8-9H2,1-2H3/t15-,17?,18?,21?/m0/s1. The van der Waals surface area contributed by atoms with Crippen LogP contribution in [0, 0.1) is 5.92 Å². The van der Waals surface area contributed by atoms with Gasteiger partial charge in [-0.2, -0.15) is 0 Å². The Balaban J connectivity index is 1.62. The van der Waals surface area contributed by atoms with Gasteiger partial charge < -0.3 is 18.9 Å². The number of carbonyl (C=O) groups is 3. The third kappa shape index (κ3) is 5.00. The lowest BCUT2D eigenvalue weighted by Gasteiger charge is -2.41. The van der Waals surface area contributed by atoms with Crippen LogP contribution in [0.4, 0.5) is 0 Å². The summed E-state index contributed by atoms with van der Waals surface area (Å²) in [6.45, 7) is 2.36. The van der Waals surface area contributed by atoms with Crippen molar-refractivity contribution in [2.45, 2.75) is 32.3 Å². The largest absolute Gasteiger partial charge is 0.462 e. The molecule has 0 saturated carbocycles. The quantitative estimate of drug-likeness (QED) is 0.289. The van der Waals surface area contributed by atoms with Gasteiger partial charge in [0.15, 0.2) is 29.2 Å². The number of hydrogen-bond acceptors (Lipinski definition) is 10. The molecule has 1 aliphatic rings. The van der Waals surface area contributed by atoms with Crippen molar-refractivity contribution in [1.82, 2.24) is 19.5 Å².